The molecule has 1 aromatic carbocycles. The Balaban J connectivity index is 1.59. The van der Waals surface area contributed by atoms with Crippen LogP contribution in [0.5, 0.6) is 0 Å². The second-order valence-corrected chi connectivity index (χ2v) is 6.43. The molecule has 1 amide bonds. The van der Waals surface area contributed by atoms with E-state index in [9.17, 15) is 13.6 Å². The maximum atomic E-state index is 12.8. The van der Waals surface area contributed by atoms with Gasteiger partial charge in [0.25, 0.3) is 12.3 Å². The number of alkyl halides is 2. The maximum Gasteiger partial charge on any atom is 0.268 e. The summed E-state index contributed by atoms with van der Waals surface area (Å²) in [4.78, 5) is 15.5. The fourth-order valence-electron chi connectivity index (χ4n) is 3.08. The average molecular weight is 329 g/mol. The van der Waals surface area contributed by atoms with Crippen molar-refractivity contribution >= 4 is 16.8 Å². The number of benzene rings is 1. The number of nitrogens with zero attached hydrogens (tertiary/aromatic N) is 1. The molecule has 1 fully saturated rings. The maximum absolute atomic E-state index is 12.8. The minimum Gasteiger partial charge on any atom is -0.357 e. The number of aryl methyl sites for hydroxylation is 1. The highest BCUT2D eigenvalue weighted by Crippen LogP contribution is 2.45. The van der Waals surface area contributed by atoms with Crippen LogP contribution >= 0.6 is 0 Å². The highest BCUT2D eigenvalue weighted by molar-refractivity contribution is 5.98. The van der Waals surface area contributed by atoms with Crippen molar-refractivity contribution in [3.63, 3.8) is 0 Å². The first-order chi connectivity index (χ1) is 11.5. The largest absolute Gasteiger partial charge is 0.357 e. The molecular formula is C18H17F2N3O. The summed E-state index contributed by atoms with van der Waals surface area (Å²) in [6.45, 7) is 0. The van der Waals surface area contributed by atoms with Crippen LogP contribution in [0.1, 0.15) is 40.9 Å². The Hall–Kier alpha value is -2.63. The summed E-state index contributed by atoms with van der Waals surface area (Å²) in [5, 5.41) is 3.82. The molecule has 0 bridgehead atoms. The van der Waals surface area contributed by atoms with Gasteiger partial charge in [0.1, 0.15) is 5.69 Å². The van der Waals surface area contributed by atoms with E-state index in [2.05, 4.69) is 10.3 Å². The van der Waals surface area contributed by atoms with Crippen molar-refractivity contribution in [2.75, 3.05) is 0 Å². The molecule has 4 nitrogen and oxygen atoms in total. The van der Waals surface area contributed by atoms with Crippen molar-refractivity contribution in [1.29, 1.82) is 0 Å². The highest BCUT2D eigenvalue weighted by Gasteiger charge is 2.46. The molecule has 0 aliphatic heterocycles. The molecule has 2 heterocycles. The topological polar surface area (TPSA) is 49.8 Å². The first-order valence-electron chi connectivity index (χ1n) is 7.83. The lowest BCUT2D eigenvalue weighted by Gasteiger charge is -2.15. The number of aromatic nitrogens is 2. The number of aromatic amines is 1. The second kappa shape index (κ2) is 5.19. The van der Waals surface area contributed by atoms with Crippen LogP contribution in [0.25, 0.3) is 10.9 Å². The molecule has 1 saturated carbocycles. The van der Waals surface area contributed by atoms with Gasteiger partial charge in [-0.1, -0.05) is 12.1 Å². The number of halogens is 2. The van der Waals surface area contributed by atoms with Gasteiger partial charge in [-0.3, -0.25) is 4.79 Å². The molecule has 0 unspecified atom stereocenters. The summed E-state index contributed by atoms with van der Waals surface area (Å²) < 4.78 is 27.5. The van der Waals surface area contributed by atoms with Gasteiger partial charge in [0.05, 0.1) is 5.54 Å². The molecule has 1 aliphatic rings. The Morgan fingerprint density at radius 2 is 2.08 bits per heavy atom. The van der Waals surface area contributed by atoms with Gasteiger partial charge in [-0.2, -0.15) is 0 Å². The Morgan fingerprint density at radius 3 is 2.71 bits per heavy atom. The van der Waals surface area contributed by atoms with E-state index < -0.39 is 6.43 Å². The second-order valence-electron chi connectivity index (χ2n) is 6.43. The number of amides is 1. The van der Waals surface area contributed by atoms with Gasteiger partial charge in [-0.05, 0) is 36.6 Å². The van der Waals surface area contributed by atoms with Gasteiger partial charge in [0, 0.05) is 35.9 Å². The summed E-state index contributed by atoms with van der Waals surface area (Å²) in [5.41, 5.74) is 1.67. The van der Waals surface area contributed by atoms with Crippen LogP contribution < -0.4 is 5.32 Å². The van der Waals surface area contributed by atoms with E-state index in [1.54, 1.807) is 12.1 Å². The van der Waals surface area contributed by atoms with Crippen molar-refractivity contribution in [1.82, 2.24) is 14.9 Å². The van der Waals surface area contributed by atoms with Crippen LogP contribution in [0.3, 0.4) is 0 Å². The smallest absolute Gasteiger partial charge is 0.268 e. The van der Waals surface area contributed by atoms with Crippen molar-refractivity contribution in [3.8, 4) is 0 Å². The zero-order valence-corrected chi connectivity index (χ0v) is 13.1. The first-order valence-corrected chi connectivity index (χ1v) is 7.83. The van der Waals surface area contributed by atoms with Gasteiger partial charge in [-0.25, -0.2) is 8.78 Å². The van der Waals surface area contributed by atoms with Gasteiger partial charge in [0.15, 0.2) is 0 Å². The number of H-pyrrole nitrogens is 1. The zero-order chi connectivity index (χ0) is 16.9. The standard InChI is InChI=1S/C18H17F2N3O/c1-23-7-4-13(10-23)18(5-6-18)22-17(24)15-8-11-2-3-12(16(19)20)9-14(11)21-15/h2-4,7-10,16,21H,5-6H2,1H3,(H,22,24). The van der Waals surface area contributed by atoms with E-state index in [0.717, 1.165) is 23.8 Å². The minimum atomic E-state index is -2.53. The molecule has 0 radical (unpaired) electrons. The lowest BCUT2D eigenvalue weighted by molar-refractivity contribution is 0.0926. The molecule has 0 spiro atoms. The number of carbonyl (C=O) groups is 1. The molecule has 2 N–H and O–H groups in total. The highest BCUT2D eigenvalue weighted by atomic mass is 19.3. The number of fused-ring (bicyclic) bond motifs is 1. The Kier molecular flexibility index (Phi) is 3.23. The van der Waals surface area contributed by atoms with E-state index in [-0.39, 0.29) is 17.0 Å². The number of hydrogen-bond acceptors (Lipinski definition) is 1. The van der Waals surface area contributed by atoms with Gasteiger partial charge < -0.3 is 14.9 Å². The van der Waals surface area contributed by atoms with Crippen molar-refractivity contribution in [3.05, 3.63) is 59.5 Å². The van der Waals surface area contributed by atoms with Crippen LogP contribution in [-0.2, 0) is 12.6 Å². The van der Waals surface area contributed by atoms with Crippen LogP contribution in [-0.4, -0.2) is 15.5 Å². The fourth-order valence-corrected chi connectivity index (χ4v) is 3.08. The molecule has 2 aromatic heterocycles. The lowest BCUT2D eigenvalue weighted by atomic mass is 10.1. The Labute approximate surface area is 137 Å². The van der Waals surface area contributed by atoms with Crippen LogP contribution in [0.15, 0.2) is 42.7 Å². The fraction of sp³-hybridized carbons (Fsp3) is 0.278. The predicted octanol–water partition coefficient (Wildman–Crippen LogP) is 3.86. The number of carbonyl (C=O) groups excluding carboxylic acids is 1. The summed E-state index contributed by atoms with van der Waals surface area (Å²) in [7, 11) is 1.94. The first kappa shape index (κ1) is 14.9. The van der Waals surface area contributed by atoms with E-state index in [1.165, 1.54) is 12.1 Å². The lowest BCUT2D eigenvalue weighted by Crippen LogP contribution is -2.34. The molecule has 1 aliphatic carbocycles. The SMILES string of the molecule is Cn1ccc(C2(NC(=O)c3cc4ccc(C(F)F)cc4[nH]3)CC2)c1. The van der Waals surface area contributed by atoms with Crippen molar-refractivity contribution in [2.45, 2.75) is 24.8 Å². The molecule has 3 aromatic rings. The quantitative estimate of drug-likeness (QED) is 0.750. The molecule has 0 atom stereocenters. The van der Waals surface area contributed by atoms with Crippen LogP contribution in [0.4, 0.5) is 8.78 Å². The Bertz CT molecular complexity index is 921. The molecular weight excluding hydrogens is 312 g/mol. The third-order valence-electron chi connectivity index (χ3n) is 4.63. The van der Waals surface area contributed by atoms with E-state index in [0.29, 0.717) is 11.2 Å². The van der Waals surface area contributed by atoms with Crippen molar-refractivity contribution in [2.24, 2.45) is 7.05 Å². The van der Waals surface area contributed by atoms with E-state index in [4.69, 9.17) is 0 Å². The number of rotatable bonds is 4. The van der Waals surface area contributed by atoms with Gasteiger partial charge in [-0.15, -0.1) is 0 Å². The normalized spacial score (nSPS) is 15.8. The predicted molar refractivity (Wildman–Crippen MR) is 87.0 cm³/mol. The third kappa shape index (κ3) is 2.48. The molecule has 124 valence electrons. The summed E-state index contributed by atoms with van der Waals surface area (Å²) in [6, 6.07) is 8.08. The van der Waals surface area contributed by atoms with Crippen LogP contribution in [0.2, 0.25) is 0 Å². The van der Waals surface area contributed by atoms with Crippen LogP contribution in [0, 0.1) is 0 Å². The minimum absolute atomic E-state index is 0.0562. The number of nitrogens with one attached hydrogen (secondary N) is 2. The van der Waals surface area contributed by atoms with Crippen molar-refractivity contribution < 1.29 is 13.6 Å². The summed E-state index contributed by atoms with van der Waals surface area (Å²) >= 11 is 0. The molecule has 6 heteroatoms. The molecule has 24 heavy (non-hydrogen) atoms. The van der Waals surface area contributed by atoms with E-state index >= 15 is 0 Å². The zero-order valence-electron chi connectivity index (χ0n) is 13.1. The Morgan fingerprint density at radius 1 is 1.29 bits per heavy atom. The van der Waals surface area contributed by atoms with E-state index in [1.807, 2.05) is 30.1 Å². The summed E-state index contributed by atoms with van der Waals surface area (Å²) in [5.74, 6) is -0.217. The van der Waals surface area contributed by atoms with Gasteiger partial charge in [0.2, 0.25) is 0 Å². The molecule has 4 rings (SSSR count). The molecule has 0 saturated heterocycles. The monoisotopic (exact) mass is 329 g/mol. The number of hydrogen-bond donors (Lipinski definition) is 2. The van der Waals surface area contributed by atoms with Gasteiger partial charge >= 0.3 is 0 Å². The third-order valence-corrected chi connectivity index (χ3v) is 4.63. The average Bonchev–Trinajstić information content (AvgIpc) is 3.00. The summed E-state index contributed by atoms with van der Waals surface area (Å²) in [6.07, 6.45) is 3.24.